The van der Waals surface area contributed by atoms with Gasteiger partial charge in [-0.1, -0.05) is 127 Å². The van der Waals surface area contributed by atoms with Crippen LogP contribution in [0, 0.1) is 0 Å². The number of rotatable bonds is 4. The average Bonchev–Trinajstić information content (AvgIpc) is 3.72. The third-order valence-corrected chi connectivity index (χ3v) is 10.5. The van der Waals surface area contributed by atoms with Gasteiger partial charge in [-0.2, -0.15) is 0 Å². The maximum atomic E-state index is 4.70. The molecule has 0 amide bonds. The summed E-state index contributed by atoms with van der Waals surface area (Å²) in [7, 11) is 0. The zero-order chi connectivity index (χ0) is 33.5. The largest absolute Gasteiger partial charge is 0.291 e. The second-order valence-electron chi connectivity index (χ2n) is 13.1. The van der Waals surface area contributed by atoms with Crippen molar-refractivity contribution in [1.82, 2.24) is 19.5 Å². The maximum absolute atomic E-state index is 4.70. The van der Waals surface area contributed by atoms with E-state index in [4.69, 9.17) is 4.98 Å². The molecule has 4 heteroatoms. The molecular weight excluding hydrogens is 621 g/mol. The lowest BCUT2D eigenvalue weighted by molar-refractivity contribution is 1.12. The maximum Gasteiger partial charge on any atom is 0.166 e. The van der Waals surface area contributed by atoms with Crippen LogP contribution in [0.5, 0.6) is 0 Å². The van der Waals surface area contributed by atoms with Gasteiger partial charge in [-0.25, -0.2) is 9.97 Å². The monoisotopic (exact) mass is 648 g/mol. The summed E-state index contributed by atoms with van der Waals surface area (Å²) in [6.45, 7) is 0. The van der Waals surface area contributed by atoms with E-state index in [1.807, 2.05) is 12.3 Å². The van der Waals surface area contributed by atoms with E-state index in [0.717, 1.165) is 27.9 Å². The van der Waals surface area contributed by atoms with Crippen LogP contribution in [0.15, 0.2) is 170 Å². The Morgan fingerprint density at radius 2 is 0.941 bits per heavy atom. The van der Waals surface area contributed by atoms with Crippen molar-refractivity contribution < 1.29 is 0 Å². The van der Waals surface area contributed by atoms with Gasteiger partial charge in [-0.15, -0.1) is 0 Å². The highest BCUT2D eigenvalue weighted by Crippen LogP contribution is 2.58. The van der Waals surface area contributed by atoms with Gasteiger partial charge in [0.1, 0.15) is 11.0 Å². The summed E-state index contributed by atoms with van der Waals surface area (Å²) in [6, 6.07) is 55.1. The highest BCUT2D eigenvalue weighted by molar-refractivity contribution is 6.28. The van der Waals surface area contributed by atoms with Gasteiger partial charge in [0.05, 0.1) is 5.52 Å². The lowest BCUT2D eigenvalue weighted by atomic mass is 9.82. The molecule has 11 rings (SSSR count). The predicted octanol–water partition coefficient (Wildman–Crippen LogP) is 11.9. The number of aromatic nitrogens is 4. The molecule has 0 unspecified atom stereocenters. The quantitative estimate of drug-likeness (QED) is 0.191. The normalized spacial score (nSPS) is 11.9. The summed E-state index contributed by atoms with van der Waals surface area (Å²) in [5.41, 5.74) is 17.1. The number of fused-ring (bicyclic) bond motifs is 7. The zero-order valence-electron chi connectivity index (χ0n) is 27.5. The van der Waals surface area contributed by atoms with Gasteiger partial charge in [-0.05, 0) is 101 Å². The molecule has 0 N–H and O–H groups in total. The van der Waals surface area contributed by atoms with E-state index < -0.39 is 0 Å². The van der Waals surface area contributed by atoms with Gasteiger partial charge >= 0.3 is 0 Å². The van der Waals surface area contributed by atoms with Crippen LogP contribution in [-0.4, -0.2) is 19.5 Å². The third kappa shape index (κ3) is 3.99. The Labute approximate surface area is 294 Å². The lowest BCUT2D eigenvalue weighted by Crippen LogP contribution is -1.95. The molecule has 51 heavy (non-hydrogen) atoms. The van der Waals surface area contributed by atoms with Gasteiger partial charge in [0.2, 0.25) is 0 Å². The number of benzene rings is 7. The van der Waals surface area contributed by atoms with Crippen molar-refractivity contribution in [1.29, 1.82) is 0 Å². The Kier molecular flexibility index (Phi) is 5.92. The molecule has 3 heterocycles. The molecule has 0 radical (unpaired) electrons. The summed E-state index contributed by atoms with van der Waals surface area (Å²) >= 11 is 0. The minimum Gasteiger partial charge on any atom is -0.291 e. The smallest absolute Gasteiger partial charge is 0.166 e. The van der Waals surface area contributed by atoms with Crippen molar-refractivity contribution in [3.8, 4) is 61.3 Å². The van der Waals surface area contributed by atoms with Crippen molar-refractivity contribution in [2.45, 2.75) is 0 Å². The fraction of sp³-hybridized carbons (Fsp3) is 0. The van der Waals surface area contributed by atoms with Gasteiger partial charge < -0.3 is 0 Å². The van der Waals surface area contributed by atoms with Crippen molar-refractivity contribution in [2.24, 2.45) is 0 Å². The van der Waals surface area contributed by atoms with E-state index in [0.29, 0.717) is 0 Å². The van der Waals surface area contributed by atoms with E-state index in [-0.39, 0.29) is 0 Å². The van der Waals surface area contributed by atoms with Gasteiger partial charge in [0.25, 0.3) is 0 Å². The van der Waals surface area contributed by atoms with Crippen LogP contribution in [0.1, 0.15) is 0 Å². The topological polar surface area (TPSA) is 43.6 Å². The molecule has 0 saturated heterocycles. The highest BCUT2D eigenvalue weighted by atomic mass is 15.1. The second kappa shape index (κ2) is 10.8. The molecular formula is C47H28N4. The van der Waals surface area contributed by atoms with Crippen LogP contribution >= 0.6 is 0 Å². The number of nitrogens with zero attached hydrogens (tertiary/aromatic N) is 4. The Balaban J connectivity index is 1.15. The summed E-state index contributed by atoms with van der Waals surface area (Å²) in [5.74, 6) is 0. The SMILES string of the molecule is c1ccc(-c2c3c(c(-c4ccccc4)c4ccccc24)-c2ccc(-c4ccc(-n5c6cccnc6c6nccnc65)cc4)c4cccc-3c24)cc1. The van der Waals surface area contributed by atoms with E-state index in [1.165, 1.54) is 77.2 Å². The Morgan fingerprint density at radius 3 is 1.65 bits per heavy atom. The van der Waals surface area contributed by atoms with Gasteiger partial charge in [0.15, 0.2) is 5.65 Å². The summed E-state index contributed by atoms with van der Waals surface area (Å²) in [5, 5.41) is 5.10. The molecule has 1 aliphatic carbocycles. The first kappa shape index (κ1) is 28.0. The lowest BCUT2D eigenvalue weighted by Gasteiger charge is -2.20. The molecule has 3 aromatic heterocycles. The van der Waals surface area contributed by atoms with Crippen LogP contribution in [0.4, 0.5) is 0 Å². The van der Waals surface area contributed by atoms with Crippen molar-refractivity contribution in [2.75, 3.05) is 0 Å². The first-order chi connectivity index (χ1) is 25.3. The molecule has 0 fully saturated rings. The number of pyridine rings is 1. The van der Waals surface area contributed by atoms with E-state index >= 15 is 0 Å². The second-order valence-corrected chi connectivity index (χ2v) is 13.1. The molecule has 0 saturated carbocycles. The molecule has 7 aromatic carbocycles. The van der Waals surface area contributed by atoms with Crippen LogP contribution in [0.3, 0.4) is 0 Å². The molecule has 0 atom stereocenters. The van der Waals surface area contributed by atoms with Gasteiger partial charge in [0, 0.05) is 24.3 Å². The van der Waals surface area contributed by atoms with Crippen LogP contribution in [0.2, 0.25) is 0 Å². The molecule has 0 bridgehead atoms. The molecule has 236 valence electrons. The van der Waals surface area contributed by atoms with Crippen LogP contribution in [0.25, 0.3) is 105 Å². The minimum atomic E-state index is 0.804. The van der Waals surface area contributed by atoms with Crippen LogP contribution in [-0.2, 0) is 0 Å². The fourth-order valence-corrected chi connectivity index (χ4v) is 8.45. The van der Waals surface area contributed by atoms with Crippen molar-refractivity contribution in [3.63, 3.8) is 0 Å². The first-order valence-corrected chi connectivity index (χ1v) is 17.3. The molecule has 10 aromatic rings. The Morgan fingerprint density at radius 1 is 0.353 bits per heavy atom. The standard InChI is InChI=1S/C47H28N4/c1-3-11-30(12-4-1)40-35-15-7-8-16-36(35)41(31-13-5-2-6-14-31)44-38-25-24-33(34-17-9-18-37(42(34)38)43(40)44)29-20-22-32(23-21-29)51-39-19-10-26-48-45(39)46-47(51)50-28-27-49-46/h1-28H. The average molecular weight is 649 g/mol. The Bertz CT molecular complexity index is 2850. The summed E-state index contributed by atoms with van der Waals surface area (Å²) in [4.78, 5) is 14.0. The Hall–Kier alpha value is -6.91. The fourth-order valence-electron chi connectivity index (χ4n) is 8.45. The summed E-state index contributed by atoms with van der Waals surface area (Å²) < 4.78 is 2.15. The van der Waals surface area contributed by atoms with Gasteiger partial charge in [-0.3, -0.25) is 9.55 Å². The predicted molar refractivity (Wildman–Crippen MR) is 210 cm³/mol. The van der Waals surface area contributed by atoms with Crippen LogP contribution < -0.4 is 0 Å². The molecule has 4 nitrogen and oxygen atoms in total. The van der Waals surface area contributed by atoms with E-state index in [9.17, 15) is 0 Å². The number of hydrogen-bond acceptors (Lipinski definition) is 3. The summed E-state index contributed by atoms with van der Waals surface area (Å²) in [6.07, 6.45) is 5.28. The van der Waals surface area contributed by atoms with E-state index in [2.05, 4.69) is 160 Å². The van der Waals surface area contributed by atoms with Crippen molar-refractivity contribution >= 4 is 43.7 Å². The molecule has 1 aliphatic rings. The third-order valence-electron chi connectivity index (χ3n) is 10.5. The zero-order valence-corrected chi connectivity index (χ0v) is 27.5. The number of hydrogen-bond donors (Lipinski definition) is 0. The highest BCUT2D eigenvalue weighted by Gasteiger charge is 2.31. The first-order valence-electron chi connectivity index (χ1n) is 17.3. The van der Waals surface area contributed by atoms with E-state index in [1.54, 1.807) is 12.4 Å². The van der Waals surface area contributed by atoms with Crippen molar-refractivity contribution in [3.05, 3.63) is 170 Å². The molecule has 0 aliphatic heterocycles. The molecule has 0 spiro atoms. The minimum absolute atomic E-state index is 0.804.